The fraction of sp³-hybridized carbons (Fsp3) is 0.400. The first-order chi connectivity index (χ1) is 16.3. The van der Waals surface area contributed by atoms with Gasteiger partial charge in [-0.15, -0.1) is 0 Å². The molecule has 0 spiro atoms. The van der Waals surface area contributed by atoms with Crippen molar-refractivity contribution in [1.82, 2.24) is 15.4 Å². The van der Waals surface area contributed by atoms with E-state index in [2.05, 4.69) is 32.2 Å². The molecule has 1 fully saturated rings. The number of ketones is 1. The molecule has 1 heterocycles. The molecule has 3 rings (SSSR count). The van der Waals surface area contributed by atoms with Crippen LogP contribution in [0.2, 0.25) is 0 Å². The van der Waals surface area contributed by atoms with Crippen LogP contribution in [0.15, 0.2) is 37.1 Å². The highest BCUT2D eigenvalue weighted by Crippen LogP contribution is 2.32. The summed E-state index contributed by atoms with van der Waals surface area (Å²) in [5.41, 5.74) is 9.65. The second kappa shape index (κ2) is 12.6. The smallest absolute Gasteiger partial charge is 0.274 e. The van der Waals surface area contributed by atoms with Crippen molar-refractivity contribution >= 4 is 29.2 Å². The van der Waals surface area contributed by atoms with E-state index in [-0.39, 0.29) is 42.6 Å². The number of hydrogen-bond donors (Lipinski definition) is 3. The number of nitrogens with two attached hydrogens (primary N) is 1. The second-order valence-electron chi connectivity index (χ2n) is 8.14. The third-order valence-electron chi connectivity index (χ3n) is 5.75. The lowest BCUT2D eigenvalue weighted by atomic mass is 9.83. The molecule has 10 heteroatoms. The van der Waals surface area contributed by atoms with Crippen LogP contribution in [0.25, 0.3) is 0 Å². The predicted octanol–water partition coefficient (Wildman–Crippen LogP) is 3.64. The Balaban J connectivity index is 0.00000432. The van der Waals surface area contributed by atoms with E-state index in [1.54, 1.807) is 18.2 Å². The van der Waals surface area contributed by atoms with Gasteiger partial charge in [0.25, 0.3) is 11.8 Å². The minimum absolute atomic E-state index is 0. The fourth-order valence-electron chi connectivity index (χ4n) is 3.90. The number of rotatable bonds is 10. The van der Waals surface area contributed by atoms with Gasteiger partial charge in [0.05, 0.1) is 7.11 Å². The first kappa shape index (κ1) is 27.5. The van der Waals surface area contributed by atoms with Crippen LogP contribution in [0.5, 0.6) is 5.88 Å². The van der Waals surface area contributed by atoms with Gasteiger partial charge >= 0.3 is 0 Å². The molecule has 1 saturated carbocycles. The van der Waals surface area contributed by atoms with Crippen molar-refractivity contribution in [2.24, 2.45) is 11.7 Å². The summed E-state index contributed by atoms with van der Waals surface area (Å²) in [6, 6.07) is 5.06. The van der Waals surface area contributed by atoms with Gasteiger partial charge in [-0.3, -0.25) is 19.2 Å². The lowest BCUT2D eigenvalue weighted by Crippen LogP contribution is -2.33. The number of carbonyl (C=O) groups is 3. The Kier molecular flexibility index (Phi) is 9.89. The number of hydrogen-bond acceptors (Lipinski definition) is 8. The molecule has 188 valence electrons. The van der Waals surface area contributed by atoms with Crippen molar-refractivity contribution in [2.45, 2.75) is 52.6 Å². The van der Waals surface area contributed by atoms with Crippen molar-refractivity contribution in [3.05, 3.63) is 53.7 Å². The molecular formula is C25H33N5O5. The number of ether oxygens (including phenoxy) is 1. The third-order valence-corrected chi connectivity index (χ3v) is 5.75. The quantitative estimate of drug-likeness (QED) is 0.343. The normalized spacial score (nSPS) is 17.0. The molecule has 2 amide bonds. The Morgan fingerprint density at radius 2 is 2.00 bits per heavy atom. The maximum absolute atomic E-state index is 12.1. The average molecular weight is 484 g/mol. The van der Waals surface area contributed by atoms with Crippen LogP contribution < -0.4 is 21.3 Å². The van der Waals surface area contributed by atoms with Crippen molar-refractivity contribution < 1.29 is 24.0 Å². The van der Waals surface area contributed by atoms with E-state index >= 15 is 0 Å². The fourth-order valence-corrected chi connectivity index (χ4v) is 3.90. The summed E-state index contributed by atoms with van der Waals surface area (Å²) >= 11 is 0. The van der Waals surface area contributed by atoms with Crippen molar-refractivity contribution in [3.8, 4) is 5.88 Å². The van der Waals surface area contributed by atoms with E-state index in [0.29, 0.717) is 17.7 Å². The van der Waals surface area contributed by atoms with Crippen LogP contribution in [-0.4, -0.2) is 40.8 Å². The topological polar surface area (TPSA) is 146 Å². The number of hydroxylamine groups is 1. The van der Waals surface area contributed by atoms with E-state index in [9.17, 15) is 14.4 Å². The molecule has 1 aliphatic carbocycles. The van der Waals surface area contributed by atoms with Gasteiger partial charge in [0.15, 0.2) is 5.78 Å². The number of anilines is 2. The summed E-state index contributed by atoms with van der Waals surface area (Å²) in [7, 11) is 1.35. The zero-order chi connectivity index (χ0) is 24.7. The Morgan fingerprint density at radius 1 is 1.26 bits per heavy atom. The molecule has 0 bridgehead atoms. The Labute approximate surface area is 205 Å². The van der Waals surface area contributed by atoms with Crippen LogP contribution in [-0.2, 0) is 9.63 Å². The van der Waals surface area contributed by atoms with Gasteiger partial charge in [0, 0.05) is 29.8 Å². The van der Waals surface area contributed by atoms with Gasteiger partial charge in [-0.1, -0.05) is 26.5 Å². The number of nitrogens with one attached hydrogen (secondary N) is 2. The standard InChI is InChI=1S/C24H29N5O5.CH4/c1-4-17(30)11-15-7-5-6-8-20(15)34-23-18(21(25)31)13-26-24(28-23)27-19-12-16(10-9-14(19)2)22(32)29-33-3;/h4,9-10,12-13,15,20H,1,5-8,11H2,2-3H3,(H2,25,31)(H,29,32)(H,26,27,28);1H4. The summed E-state index contributed by atoms with van der Waals surface area (Å²) in [4.78, 5) is 49.3. The van der Waals surface area contributed by atoms with E-state index in [1.807, 2.05) is 6.92 Å². The van der Waals surface area contributed by atoms with Crippen molar-refractivity contribution in [3.63, 3.8) is 0 Å². The number of aryl methyl sites for hydroxylation is 1. The molecule has 1 aliphatic rings. The molecular weight excluding hydrogens is 450 g/mol. The van der Waals surface area contributed by atoms with Gasteiger partial charge in [-0.25, -0.2) is 10.5 Å². The predicted molar refractivity (Wildman–Crippen MR) is 132 cm³/mol. The molecule has 0 aliphatic heterocycles. The molecule has 1 aromatic heterocycles. The lowest BCUT2D eigenvalue weighted by Gasteiger charge is -2.31. The SMILES string of the molecule is C.C=CC(=O)CC1CCCCC1Oc1nc(Nc2cc(C(=O)NOC)ccc2C)ncc1C(N)=O. The highest BCUT2D eigenvalue weighted by molar-refractivity contribution is 5.95. The summed E-state index contributed by atoms with van der Waals surface area (Å²) in [6.07, 6.45) is 6.17. The van der Waals surface area contributed by atoms with Crippen LogP contribution in [0.1, 0.15) is 65.8 Å². The monoisotopic (exact) mass is 483 g/mol. The summed E-state index contributed by atoms with van der Waals surface area (Å²) in [5, 5.41) is 3.06. The second-order valence-corrected chi connectivity index (χ2v) is 8.14. The zero-order valence-electron chi connectivity index (χ0n) is 19.3. The molecule has 35 heavy (non-hydrogen) atoms. The van der Waals surface area contributed by atoms with Gasteiger partial charge in [0.1, 0.15) is 11.7 Å². The van der Waals surface area contributed by atoms with Crippen LogP contribution >= 0.6 is 0 Å². The molecule has 2 atom stereocenters. The molecule has 0 saturated heterocycles. The molecule has 0 radical (unpaired) electrons. The average Bonchev–Trinajstić information content (AvgIpc) is 2.81. The lowest BCUT2D eigenvalue weighted by molar-refractivity contribution is -0.116. The first-order valence-electron chi connectivity index (χ1n) is 11.0. The number of nitrogens with zero attached hydrogens (tertiary/aromatic N) is 2. The van der Waals surface area contributed by atoms with Crippen LogP contribution in [0.4, 0.5) is 11.6 Å². The molecule has 4 N–H and O–H groups in total. The van der Waals surface area contributed by atoms with E-state index < -0.39 is 11.8 Å². The molecule has 2 unspecified atom stereocenters. The third kappa shape index (κ3) is 7.10. The molecule has 1 aromatic carbocycles. The number of benzene rings is 1. The van der Waals surface area contributed by atoms with Gasteiger partial charge < -0.3 is 15.8 Å². The molecule has 10 nitrogen and oxygen atoms in total. The van der Waals surface area contributed by atoms with Gasteiger partial charge in [0.2, 0.25) is 11.8 Å². The molecule has 2 aromatic rings. The van der Waals surface area contributed by atoms with Crippen LogP contribution in [0.3, 0.4) is 0 Å². The Morgan fingerprint density at radius 3 is 2.69 bits per heavy atom. The maximum atomic E-state index is 12.1. The maximum Gasteiger partial charge on any atom is 0.274 e. The number of carbonyl (C=O) groups excluding carboxylic acids is 3. The van der Waals surface area contributed by atoms with Crippen molar-refractivity contribution in [2.75, 3.05) is 12.4 Å². The van der Waals surface area contributed by atoms with E-state index in [0.717, 1.165) is 31.2 Å². The Hall–Kier alpha value is -3.79. The number of aromatic nitrogens is 2. The van der Waals surface area contributed by atoms with Gasteiger partial charge in [-0.05, 0) is 50.0 Å². The van der Waals surface area contributed by atoms with Gasteiger partial charge in [-0.2, -0.15) is 4.98 Å². The van der Waals surface area contributed by atoms with E-state index in [1.165, 1.54) is 19.4 Å². The zero-order valence-corrected chi connectivity index (χ0v) is 19.3. The highest BCUT2D eigenvalue weighted by atomic mass is 16.6. The van der Waals surface area contributed by atoms with Crippen molar-refractivity contribution in [1.29, 1.82) is 0 Å². The van der Waals surface area contributed by atoms with E-state index in [4.69, 9.17) is 10.5 Å². The Bertz CT molecular complexity index is 1090. The summed E-state index contributed by atoms with van der Waals surface area (Å²) in [6.45, 7) is 5.41. The van der Waals surface area contributed by atoms with Crippen LogP contribution in [0, 0.1) is 12.8 Å². The number of primary amides is 1. The number of amides is 2. The summed E-state index contributed by atoms with van der Waals surface area (Å²) in [5.74, 6) is -0.957. The largest absolute Gasteiger partial charge is 0.473 e. The minimum Gasteiger partial charge on any atom is -0.473 e. The highest BCUT2D eigenvalue weighted by Gasteiger charge is 2.30. The number of allylic oxidation sites excluding steroid dienone is 1. The summed E-state index contributed by atoms with van der Waals surface area (Å²) < 4.78 is 6.15. The first-order valence-corrected chi connectivity index (χ1v) is 11.0. The minimum atomic E-state index is -0.717.